The van der Waals surface area contributed by atoms with E-state index in [1.165, 1.54) is 13.1 Å². The highest BCUT2D eigenvalue weighted by molar-refractivity contribution is 5.97. The summed E-state index contributed by atoms with van der Waals surface area (Å²) in [6, 6.07) is 1.73. The number of halogens is 1. The number of hydrogen-bond acceptors (Lipinski definition) is 3. The van der Waals surface area contributed by atoms with Gasteiger partial charge in [-0.3, -0.25) is 9.59 Å². The number of carbonyl (C=O) groups is 2. The van der Waals surface area contributed by atoms with Gasteiger partial charge in [-0.2, -0.15) is 4.39 Å². The number of nitrogens with one attached hydrogen (secondary N) is 2. The largest absolute Gasteiger partial charge is 0.357 e. The van der Waals surface area contributed by atoms with E-state index < -0.39 is 17.9 Å². The predicted octanol–water partition coefficient (Wildman–Crippen LogP) is 0.0850. The first-order valence-electron chi connectivity index (χ1n) is 4.68. The van der Waals surface area contributed by atoms with Gasteiger partial charge in [0.05, 0.1) is 5.56 Å². The molecule has 1 aromatic heterocycles. The van der Waals surface area contributed by atoms with E-state index in [1.54, 1.807) is 6.92 Å². The topological polar surface area (TPSA) is 71.1 Å². The smallest absolute Gasteiger partial charge is 0.253 e. The number of rotatable bonds is 3. The highest BCUT2D eigenvalue weighted by Crippen LogP contribution is 1.99. The fourth-order valence-corrected chi connectivity index (χ4v) is 1.07. The van der Waals surface area contributed by atoms with Crippen molar-refractivity contribution in [1.82, 2.24) is 15.6 Å². The van der Waals surface area contributed by atoms with Crippen LogP contribution in [0.3, 0.4) is 0 Å². The fourth-order valence-electron chi connectivity index (χ4n) is 1.07. The standard InChI is InChI=1S/C10H12FN3O2/c1-6(9(15)12-2)14-10(16)7-3-4-8(11)13-5-7/h3-6H,1-2H3,(H,12,15)(H,14,16). The molecule has 5 nitrogen and oxygen atoms in total. The number of nitrogens with zero attached hydrogens (tertiary/aromatic N) is 1. The quantitative estimate of drug-likeness (QED) is 0.716. The van der Waals surface area contributed by atoms with Gasteiger partial charge in [0, 0.05) is 13.2 Å². The Hall–Kier alpha value is -1.98. The zero-order valence-corrected chi connectivity index (χ0v) is 8.95. The van der Waals surface area contributed by atoms with E-state index in [1.807, 2.05) is 0 Å². The van der Waals surface area contributed by atoms with Gasteiger partial charge in [-0.1, -0.05) is 0 Å². The Morgan fingerprint density at radius 2 is 2.12 bits per heavy atom. The predicted molar refractivity (Wildman–Crippen MR) is 55.2 cm³/mol. The molecular weight excluding hydrogens is 213 g/mol. The minimum atomic E-state index is -0.657. The number of aromatic nitrogens is 1. The van der Waals surface area contributed by atoms with E-state index >= 15 is 0 Å². The normalized spacial score (nSPS) is 11.7. The summed E-state index contributed by atoms with van der Waals surface area (Å²) in [6.07, 6.45) is 1.11. The van der Waals surface area contributed by atoms with E-state index in [-0.39, 0.29) is 11.5 Å². The summed E-state index contributed by atoms with van der Waals surface area (Å²) in [7, 11) is 1.48. The molecule has 0 aliphatic carbocycles. The highest BCUT2D eigenvalue weighted by Gasteiger charge is 2.15. The fraction of sp³-hybridized carbons (Fsp3) is 0.300. The van der Waals surface area contributed by atoms with Gasteiger partial charge < -0.3 is 10.6 Å². The van der Waals surface area contributed by atoms with Crippen LogP contribution in [0.25, 0.3) is 0 Å². The Morgan fingerprint density at radius 1 is 1.44 bits per heavy atom. The summed E-state index contributed by atoms with van der Waals surface area (Å²) in [5.74, 6) is -1.43. The van der Waals surface area contributed by atoms with Gasteiger partial charge in [0.15, 0.2) is 0 Å². The van der Waals surface area contributed by atoms with Crippen molar-refractivity contribution in [2.24, 2.45) is 0 Å². The highest BCUT2D eigenvalue weighted by atomic mass is 19.1. The lowest BCUT2D eigenvalue weighted by molar-refractivity contribution is -0.122. The molecule has 0 bridgehead atoms. The minimum Gasteiger partial charge on any atom is -0.357 e. The summed E-state index contributed by atoms with van der Waals surface area (Å²) in [5, 5.41) is 4.85. The average molecular weight is 225 g/mol. The lowest BCUT2D eigenvalue weighted by Gasteiger charge is -2.11. The SMILES string of the molecule is CNC(=O)C(C)NC(=O)c1ccc(F)nc1. The second kappa shape index (κ2) is 5.20. The third-order valence-corrected chi connectivity index (χ3v) is 1.98. The molecule has 0 radical (unpaired) electrons. The Kier molecular flexibility index (Phi) is 3.93. The molecule has 0 fully saturated rings. The van der Waals surface area contributed by atoms with Gasteiger partial charge >= 0.3 is 0 Å². The Labute approximate surface area is 92.1 Å². The molecule has 6 heteroatoms. The van der Waals surface area contributed by atoms with Gasteiger partial charge in [0.25, 0.3) is 5.91 Å². The van der Waals surface area contributed by atoms with Crippen LogP contribution in [0, 0.1) is 5.95 Å². The van der Waals surface area contributed by atoms with E-state index in [9.17, 15) is 14.0 Å². The van der Waals surface area contributed by atoms with Crippen molar-refractivity contribution in [2.45, 2.75) is 13.0 Å². The van der Waals surface area contributed by atoms with Crippen LogP contribution in [0.1, 0.15) is 17.3 Å². The van der Waals surface area contributed by atoms with Crippen molar-refractivity contribution < 1.29 is 14.0 Å². The number of carbonyl (C=O) groups excluding carboxylic acids is 2. The molecule has 0 aliphatic rings. The van der Waals surface area contributed by atoms with E-state index in [2.05, 4.69) is 15.6 Å². The molecule has 1 aromatic rings. The molecule has 2 N–H and O–H groups in total. The monoisotopic (exact) mass is 225 g/mol. The minimum absolute atomic E-state index is 0.206. The molecule has 2 amide bonds. The lowest BCUT2D eigenvalue weighted by atomic mass is 10.2. The molecule has 1 rings (SSSR count). The zero-order chi connectivity index (χ0) is 12.1. The number of pyridine rings is 1. The number of amides is 2. The summed E-state index contributed by atoms with van der Waals surface area (Å²) >= 11 is 0. The summed E-state index contributed by atoms with van der Waals surface area (Å²) < 4.78 is 12.5. The first kappa shape index (κ1) is 12.1. The summed E-state index contributed by atoms with van der Waals surface area (Å²) in [5.41, 5.74) is 0.206. The van der Waals surface area contributed by atoms with Crippen LogP contribution in [0.5, 0.6) is 0 Å². The zero-order valence-electron chi connectivity index (χ0n) is 8.95. The molecule has 1 atom stereocenters. The molecule has 0 spiro atoms. The third kappa shape index (κ3) is 3.01. The van der Waals surface area contributed by atoms with Crippen molar-refractivity contribution >= 4 is 11.8 Å². The first-order chi connectivity index (χ1) is 7.54. The van der Waals surface area contributed by atoms with E-state index in [4.69, 9.17) is 0 Å². The van der Waals surface area contributed by atoms with Gasteiger partial charge in [0.1, 0.15) is 6.04 Å². The Balaban J connectivity index is 2.65. The van der Waals surface area contributed by atoms with Crippen LogP contribution in [-0.2, 0) is 4.79 Å². The van der Waals surface area contributed by atoms with Crippen LogP contribution in [0.15, 0.2) is 18.3 Å². The molecule has 1 unspecified atom stereocenters. The van der Waals surface area contributed by atoms with E-state index in [0.29, 0.717) is 0 Å². The number of likely N-dealkylation sites (N-methyl/N-ethyl adjacent to an activating group) is 1. The Bertz CT molecular complexity index is 392. The van der Waals surface area contributed by atoms with Gasteiger partial charge in [-0.25, -0.2) is 4.98 Å². The number of hydrogen-bond donors (Lipinski definition) is 2. The van der Waals surface area contributed by atoms with Crippen molar-refractivity contribution in [1.29, 1.82) is 0 Å². The second-order valence-electron chi connectivity index (χ2n) is 3.18. The molecule has 16 heavy (non-hydrogen) atoms. The molecule has 0 aromatic carbocycles. The van der Waals surface area contributed by atoms with E-state index in [0.717, 1.165) is 12.3 Å². The molecule has 0 aliphatic heterocycles. The average Bonchev–Trinajstić information content (AvgIpc) is 2.28. The molecule has 0 saturated carbocycles. The molecule has 0 saturated heterocycles. The molecule has 86 valence electrons. The first-order valence-corrected chi connectivity index (χ1v) is 4.68. The Morgan fingerprint density at radius 3 is 2.62 bits per heavy atom. The van der Waals surface area contributed by atoms with Gasteiger partial charge in [0.2, 0.25) is 11.9 Å². The van der Waals surface area contributed by atoms with Gasteiger partial charge in [-0.05, 0) is 19.1 Å². The third-order valence-electron chi connectivity index (χ3n) is 1.98. The van der Waals surface area contributed by atoms with Crippen LogP contribution in [0.4, 0.5) is 4.39 Å². The maximum atomic E-state index is 12.5. The van der Waals surface area contributed by atoms with Gasteiger partial charge in [-0.15, -0.1) is 0 Å². The molecule has 1 heterocycles. The maximum Gasteiger partial charge on any atom is 0.253 e. The maximum absolute atomic E-state index is 12.5. The summed E-state index contributed by atoms with van der Waals surface area (Å²) in [4.78, 5) is 26.0. The lowest BCUT2D eigenvalue weighted by Crippen LogP contribution is -2.43. The second-order valence-corrected chi connectivity index (χ2v) is 3.18. The van der Waals surface area contributed by atoms with Crippen LogP contribution >= 0.6 is 0 Å². The summed E-state index contributed by atoms with van der Waals surface area (Å²) in [6.45, 7) is 1.55. The van der Waals surface area contributed by atoms with Crippen molar-refractivity contribution in [3.05, 3.63) is 29.8 Å². The van der Waals surface area contributed by atoms with Crippen LogP contribution in [0.2, 0.25) is 0 Å². The van der Waals surface area contributed by atoms with Crippen LogP contribution < -0.4 is 10.6 Å². The molecular formula is C10H12FN3O2. The van der Waals surface area contributed by atoms with Crippen LogP contribution in [-0.4, -0.2) is 29.9 Å². The van der Waals surface area contributed by atoms with Crippen molar-refractivity contribution in [3.8, 4) is 0 Å². The van der Waals surface area contributed by atoms with Crippen molar-refractivity contribution in [3.63, 3.8) is 0 Å². The van der Waals surface area contributed by atoms with Crippen molar-refractivity contribution in [2.75, 3.05) is 7.05 Å².